The maximum atomic E-state index is 12.7. The summed E-state index contributed by atoms with van der Waals surface area (Å²) in [5.74, 6) is -1.74. The molecular formula is C36H48O21. The number of hydrogen-bond acceptors (Lipinski definition) is 21. The Balaban J connectivity index is 1.44. The highest BCUT2D eigenvalue weighted by Crippen LogP contribution is 2.35. The molecule has 0 amide bonds. The van der Waals surface area contributed by atoms with E-state index in [2.05, 4.69) is 0 Å². The number of phenolic OH excluding ortho intramolecular Hbond substituents is 3. The van der Waals surface area contributed by atoms with Crippen molar-refractivity contribution in [2.75, 3.05) is 33.5 Å². The first-order valence-corrected chi connectivity index (χ1v) is 17.8. The molecule has 0 aromatic heterocycles. The molecule has 0 aliphatic carbocycles. The maximum absolute atomic E-state index is 12.7. The predicted octanol–water partition coefficient (Wildman–Crippen LogP) is -3.92. The summed E-state index contributed by atoms with van der Waals surface area (Å²) in [4.78, 5) is 12.7. The Hall–Kier alpha value is -3.75. The third kappa shape index (κ3) is 10.5. The van der Waals surface area contributed by atoms with Gasteiger partial charge in [0.05, 0.1) is 26.9 Å². The zero-order chi connectivity index (χ0) is 41.6. The first-order chi connectivity index (χ1) is 27.2. The molecule has 21 heteroatoms. The minimum absolute atomic E-state index is 0.113. The lowest BCUT2D eigenvalue weighted by atomic mass is 9.96. The molecule has 57 heavy (non-hydrogen) atoms. The van der Waals surface area contributed by atoms with Crippen LogP contribution in [0.25, 0.3) is 6.08 Å². The predicted molar refractivity (Wildman–Crippen MR) is 186 cm³/mol. The van der Waals surface area contributed by atoms with Gasteiger partial charge < -0.3 is 99.2 Å². The van der Waals surface area contributed by atoms with E-state index < -0.39 is 124 Å². The van der Waals surface area contributed by atoms with Crippen LogP contribution in [0.5, 0.6) is 23.0 Å². The maximum Gasteiger partial charge on any atom is 0.330 e. The first-order valence-electron chi connectivity index (χ1n) is 17.8. The number of methoxy groups -OCH3 is 1. The topological polar surface area (TPSA) is 334 Å². The van der Waals surface area contributed by atoms with Gasteiger partial charge in [0.15, 0.2) is 41.9 Å². The molecule has 3 aliphatic rings. The van der Waals surface area contributed by atoms with Crippen LogP contribution in [0, 0.1) is 0 Å². The summed E-state index contributed by atoms with van der Waals surface area (Å²) >= 11 is 0. The zero-order valence-corrected chi connectivity index (χ0v) is 30.4. The molecule has 0 unspecified atom stereocenters. The molecule has 0 bridgehead atoms. The molecule has 21 nitrogen and oxygen atoms in total. The molecule has 5 rings (SSSR count). The van der Waals surface area contributed by atoms with Gasteiger partial charge in [-0.25, -0.2) is 4.79 Å². The van der Waals surface area contributed by atoms with Gasteiger partial charge in [-0.3, -0.25) is 0 Å². The third-order valence-electron chi connectivity index (χ3n) is 9.62. The van der Waals surface area contributed by atoms with Gasteiger partial charge >= 0.3 is 5.97 Å². The van der Waals surface area contributed by atoms with Crippen LogP contribution in [0.1, 0.15) is 11.1 Å². The van der Waals surface area contributed by atoms with E-state index in [0.29, 0.717) is 11.1 Å². The first kappa shape index (κ1) is 44.4. The van der Waals surface area contributed by atoms with Crippen molar-refractivity contribution < 1.29 is 104 Å². The highest BCUT2D eigenvalue weighted by Gasteiger charge is 2.54. The van der Waals surface area contributed by atoms with Crippen LogP contribution in [0.3, 0.4) is 0 Å². The monoisotopic (exact) mass is 816 g/mol. The van der Waals surface area contributed by atoms with E-state index in [-0.39, 0.29) is 30.3 Å². The Morgan fingerprint density at radius 1 is 0.667 bits per heavy atom. The van der Waals surface area contributed by atoms with Crippen LogP contribution in [-0.2, 0) is 44.4 Å². The molecular weight excluding hydrogens is 768 g/mol. The molecule has 0 radical (unpaired) electrons. The summed E-state index contributed by atoms with van der Waals surface area (Å²) in [5, 5.41) is 124. The molecule has 318 valence electrons. The molecule has 2 aromatic rings. The molecule has 3 heterocycles. The number of esters is 1. The number of rotatable bonds is 15. The highest BCUT2D eigenvalue weighted by molar-refractivity contribution is 5.87. The minimum Gasteiger partial charge on any atom is -0.504 e. The van der Waals surface area contributed by atoms with Gasteiger partial charge in [-0.1, -0.05) is 12.1 Å². The largest absolute Gasteiger partial charge is 0.504 e. The standard InChI is InChI=1S/C36H48O21/c1-50-20-6-3-16(11-19(20)41)8-9-51-36-33(57-35-31(49)29(47)26(44)22(13-38)54-35)32(56-34-30(48)28(46)25(43)21(12-37)53-34)27(45)23(55-36)14-52-24(42)7-4-15-2-5-17(39)18(40)10-15/h2-7,10-11,21-23,25-41,43-49H,8-9,12-14H2,1H3/t21-,22-,23-,25-,26-,27-,28+,29+,30-,31-,32+,33-,34+,35+,36-/m1/s1. The fraction of sp³-hybridized carbons (Fsp3) is 0.583. The lowest BCUT2D eigenvalue weighted by Gasteiger charge is -2.49. The second-order valence-corrected chi connectivity index (χ2v) is 13.5. The third-order valence-corrected chi connectivity index (χ3v) is 9.62. The normalized spacial score (nSPS) is 35.9. The molecule has 15 atom stereocenters. The molecule has 0 spiro atoms. The second-order valence-electron chi connectivity index (χ2n) is 13.5. The van der Waals surface area contributed by atoms with Crippen molar-refractivity contribution in [3.05, 3.63) is 53.6 Å². The van der Waals surface area contributed by atoms with Gasteiger partial charge in [0.2, 0.25) is 0 Å². The number of aromatic hydroxyl groups is 3. The van der Waals surface area contributed by atoms with E-state index in [9.17, 15) is 66.1 Å². The average Bonchev–Trinajstić information content (AvgIpc) is 3.19. The van der Waals surface area contributed by atoms with Crippen molar-refractivity contribution in [3.8, 4) is 23.0 Å². The second kappa shape index (κ2) is 19.8. The summed E-state index contributed by atoms with van der Waals surface area (Å²) < 4.78 is 45.4. The van der Waals surface area contributed by atoms with Crippen molar-refractivity contribution in [1.82, 2.24) is 0 Å². The number of hydrogen-bond donors (Lipinski definition) is 12. The summed E-state index contributed by atoms with van der Waals surface area (Å²) in [6, 6.07) is 8.34. The minimum atomic E-state index is -1.99. The Morgan fingerprint density at radius 3 is 1.82 bits per heavy atom. The van der Waals surface area contributed by atoms with E-state index in [4.69, 9.17) is 37.9 Å². The van der Waals surface area contributed by atoms with Gasteiger partial charge in [0.25, 0.3) is 0 Å². The Bertz CT molecular complexity index is 1640. The van der Waals surface area contributed by atoms with E-state index in [0.717, 1.165) is 6.08 Å². The summed E-state index contributed by atoms with van der Waals surface area (Å²) in [6.45, 7) is -2.57. The van der Waals surface area contributed by atoms with Gasteiger partial charge in [0, 0.05) is 6.08 Å². The number of ether oxygens (including phenoxy) is 8. The fourth-order valence-electron chi connectivity index (χ4n) is 6.34. The number of phenols is 3. The van der Waals surface area contributed by atoms with Crippen LogP contribution in [-0.4, -0.2) is 193 Å². The lowest BCUT2D eigenvalue weighted by Crippen LogP contribution is -2.67. The van der Waals surface area contributed by atoms with Crippen molar-refractivity contribution in [3.63, 3.8) is 0 Å². The van der Waals surface area contributed by atoms with Crippen molar-refractivity contribution in [2.24, 2.45) is 0 Å². The van der Waals surface area contributed by atoms with Gasteiger partial charge in [0.1, 0.15) is 79.9 Å². The van der Waals surface area contributed by atoms with E-state index >= 15 is 0 Å². The van der Waals surface area contributed by atoms with Gasteiger partial charge in [-0.05, 0) is 47.9 Å². The van der Waals surface area contributed by atoms with Crippen LogP contribution < -0.4 is 4.74 Å². The summed E-state index contributed by atoms with van der Waals surface area (Å²) in [7, 11) is 1.37. The van der Waals surface area contributed by atoms with Crippen molar-refractivity contribution >= 4 is 12.0 Å². The average molecular weight is 817 g/mol. The highest BCUT2D eigenvalue weighted by atomic mass is 16.8. The number of carbonyl (C=O) groups excluding carboxylic acids is 1. The zero-order valence-electron chi connectivity index (χ0n) is 30.4. The molecule has 3 fully saturated rings. The van der Waals surface area contributed by atoms with Crippen LogP contribution in [0.15, 0.2) is 42.5 Å². The van der Waals surface area contributed by atoms with E-state index in [1.54, 1.807) is 6.07 Å². The molecule has 3 aliphatic heterocycles. The quantitative estimate of drug-likeness (QED) is 0.0464. The van der Waals surface area contributed by atoms with Gasteiger partial charge in [-0.15, -0.1) is 0 Å². The lowest BCUT2D eigenvalue weighted by molar-refractivity contribution is -0.391. The summed E-state index contributed by atoms with van der Waals surface area (Å²) in [5.41, 5.74) is 0.875. The van der Waals surface area contributed by atoms with Crippen LogP contribution in [0.4, 0.5) is 0 Å². The van der Waals surface area contributed by atoms with Crippen LogP contribution in [0.2, 0.25) is 0 Å². The van der Waals surface area contributed by atoms with Crippen molar-refractivity contribution in [1.29, 1.82) is 0 Å². The molecule has 3 saturated heterocycles. The molecule has 0 saturated carbocycles. The number of aliphatic hydroxyl groups is 9. The fourth-order valence-corrected chi connectivity index (χ4v) is 6.34. The summed E-state index contributed by atoms with van der Waals surface area (Å²) in [6.07, 6.45) is -24.3. The SMILES string of the molecule is COc1ccc(CCO[C@@H]2O[C@H](COC(=O)C=Cc3ccc(O)c(O)c3)[C@@H](O)[C@H](O[C@@H]3O[C@H](CO)[C@@H](O)[C@H](O)[C@H]3O)[C@H]2O[C@@H]2O[C@H](CO)[C@@H](O)[C@H](O)[C@H]2O)cc1O. The van der Waals surface area contributed by atoms with E-state index in [1.165, 1.54) is 43.5 Å². The number of aliphatic hydroxyl groups excluding tert-OH is 9. The Labute approximate surface area is 324 Å². The number of benzene rings is 2. The molecule has 2 aromatic carbocycles. The van der Waals surface area contributed by atoms with Crippen LogP contribution >= 0.6 is 0 Å². The van der Waals surface area contributed by atoms with E-state index in [1.807, 2.05) is 0 Å². The smallest absolute Gasteiger partial charge is 0.330 e. The molecule has 12 N–H and O–H groups in total. The van der Waals surface area contributed by atoms with Crippen molar-refractivity contribution in [2.45, 2.75) is 98.5 Å². The Morgan fingerprint density at radius 2 is 1.26 bits per heavy atom. The Kier molecular flexibility index (Phi) is 15.4. The number of carbonyl (C=O) groups is 1. The van der Waals surface area contributed by atoms with Gasteiger partial charge in [-0.2, -0.15) is 0 Å².